The molecule has 2 unspecified atom stereocenters. The van der Waals surface area contributed by atoms with Crippen LogP contribution in [0.25, 0.3) is 0 Å². The summed E-state index contributed by atoms with van der Waals surface area (Å²) in [5, 5.41) is 13.4. The highest BCUT2D eigenvalue weighted by atomic mass is 16.6. The van der Waals surface area contributed by atoms with Crippen LogP contribution >= 0.6 is 0 Å². The molecule has 2 atom stereocenters. The average molecular weight is 293 g/mol. The second kappa shape index (κ2) is 7.66. The number of nitrogens with one attached hydrogen (secondary N) is 1. The van der Waals surface area contributed by atoms with Gasteiger partial charge in [-0.05, 0) is 43.0 Å². The Balaban J connectivity index is 1.94. The third-order valence-corrected chi connectivity index (χ3v) is 3.98. The SMILES string of the molecule is CCC(NCCC(O)C(C)C)c1ccc2c(c1)OCCO2. The van der Waals surface area contributed by atoms with Gasteiger partial charge in [0.2, 0.25) is 0 Å². The van der Waals surface area contributed by atoms with Gasteiger partial charge in [-0.25, -0.2) is 0 Å². The Morgan fingerprint density at radius 3 is 2.57 bits per heavy atom. The van der Waals surface area contributed by atoms with E-state index in [1.165, 1.54) is 5.56 Å². The lowest BCUT2D eigenvalue weighted by Crippen LogP contribution is -2.27. The van der Waals surface area contributed by atoms with Crippen molar-refractivity contribution in [2.24, 2.45) is 5.92 Å². The Morgan fingerprint density at radius 1 is 1.19 bits per heavy atom. The van der Waals surface area contributed by atoms with Crippen LogP contribution in [0.3, 0.4) is 0 Å². The highest BCUT2D eigenvalue weighted by Gasteiger charge is 2.16. The fourth-order valence-corrected chi connectivity index (χ4v) is 2.51. The molecule has 0 amide bonds. The zero-order valence-electron chi connectivity index (χ0n) is 13.3. The van der Waals surface area contributed by atoms with Crippen LogP contribution in [-0.4, -0.2) is 31.0 Å². The highest BCUT2D eigenvalue weighted by Crippen LogP contribution is 2.33. The quantitative estimate of drug-likeness (QED) is 0.811. The molecule has 1 aliphatic rings. The van der Waals surface area contributed by atoms with Crippen molar-refractivity contribution in [1.82, 2.24) is 5.32 Å². The molecule has 0 fully saturated rings. The number of ether oxygens (including phenoxy) is 2. The Hall–Kier alpha value is -1.26. The highest BCUT2D eigenvalue weighted by molar-refractivity contribution is 5.44. The molecule has 0 bridgehead atoms. The average Bonchev–Trinajstić information content (AvgIpc) is 2.50. The molecule has 1 aromatic carbocycles. The van der Waals surface area contributed by atoms with Crippen LogP contribution in [-0.2, 0) is 0 Å². The topological polar surface area (TPSA) is 50.7 Å². The summed E-state index contributed by atoms with van der Waals surface area (Å²) in [5.41, 5.74) is 1.21. The zero-order chi connectivity index (χ0) is 15.2. The Kier molecular flexibility index (Phi) is 5.88. The predicted octanol–water partition coefficient (Wildman–Crippen LogP) is 2.91. The largest absolute Gasteiger partial charge is 0.486 e. The number of hydrogen-bond donors (Lipinski definition) is 2. The molecule has 0 spiro atoms. The van der Waals surface area contributed by atoms with Crippen molar-refractivity contribution in [2.75, 3.05) is 19.8 Å². The summed E-state index contributed by atoms with van der Waals surface area (Å²) in [5.74, 6) is 1.97. The van der Waals surface area contributed by atoms with Crippen molar-refractivity contribution in [1.29, 1.82) is 0 Å². The standard InChI is InChI=1S/C17H27NO3/c1-4-14(18-8-7-15(19)12(2)3)13-5-6-16-17(11-13)21-10-9-20-16/h5-6,11-12,14-15,18-19H,4,7-10H2,1-3H3. The van der Waals surface area contributed by atoms with E-state index in [0.29, 0.717) is 19.1 Å². The molecule has 0 saturated carbocycles. The molecule has 4 heteroatoms. The number of hydrogen-bond acceptors (Lipinski definition) is 4. The van der Waals surface area contributed by atoms with E-state index < -0.39 is 0 Å². The maximum Gasteiger partial charge on any atom is 0.161 e. The van der Waals surface area contributed by atoms with Crippen LogP contribution in [0.2, 0.25) is 0 Å². The number of benzene rings is 1. The van der Waals surface area contributed by atoms with E-state index in [2.05, 4.69) is 24.4 Å². The van der Waals surface area contributed by atoms with Crippen LogP contribution in [0.1, 0.15) is 45.2 Å². The number of aliphatic hydroxyl groups excluding tert-OH is 1. The van der Waals surface area contributed by atoms with Crippen LogP contribution < -0.4 is 14.8 Å². The molecule has 21 heavy (non-hydrogen) atoms. The van der Waals surface area contributed by atoms with Gasteiger partial charge >= 0.3 is 0 Å². The van der Waals surface area contributed by atoms with Gasteiger partial charge in [0.05, 0.1) is 6.10 Å². The first-order chi connectivity index (χ1) is 10.1. The maximum absolute atomic E-state index is 9.86. The van der Waals surface area contributed by atoms with Crippen molar-refractivity contribution in [3.8, 4) is 11.5 Å². The summed E-state index contributed by atoms with van der Waals surface area (Å²) in [4.78, 5) is 0. The van der Waals surface area contributed by atoms with Gasteiger partial charge < -0.3 is 19.9 Å². The second-order valence-corrected chi connectivity index (χ2v) is 5.92. The molecule has 1 aromatic rings. The minimum absolute atomic E-state index is 0.240. The van der Waals surface area contributed by atoms with Gasteiger partial charge in [0, 0.05) is 6.04 Å². The van der Waals surface area contributed by atoms with E-state index in [4.69, 9.17) is 9.47 Å². The molecule has 4 nitrogen and oxygen atoms in total. The van der Waals surface area contributed by atoms with E-state index >= 15 is 0 Å². The summed E-state index contributed by atoms with van der Waals surface area (Å²) in [7, 11) is 0. The molecule has 0 radical (unpaired) electrons. The molecule has 0 saturated heterocycles. The summed E-state index contributed by atoms with van der Waals surface area (Å²) >= 11 is 0. The number of rotatable bonds is 7. The van der Waals surface area contributed by atoms with Crippen LogP contribution in [0.4, 0.5) is 0 Å². The van der Waals surface area contributed by atoms with Gasteiger partial charge in [0.1, 0.15) is 13.2 Å². The summed E-state index contributed by atoms with van der Waals surface area (Å²) in [6.45, 7) is 8.29. The van der Waals surface area contributed by atoms with Gasteiger partial charge in [0.15, 0.2) is 11.5 Å². The van der Waals surface area contributed by atoms with Crippen LogP contribution in [0, 0.1) is 5.92 Å². The molecule has 0 aromatic heterocycles. The molecule has 1 heterocycles. The Morgan fingerprint density at radius 2 is 1.90 bits per heavy atom. The minimum atomic E-state index is -0.240. The fourth-order valence-electron chi connectivity index (χ4n) is 2.51. The zero-order valence-corrected chi connectivity index (χ0v) is 13.3. The van der Waals surface area contributed by atoms with Gasteiger partial charge in [-0.3, -0.25) is 0 Å². The Labute approximate surface area is 127 Å². The fraction of sp³-hybridized carbons (Fsp3) is 0.647. The van der Waals surface area contributed by atoms with Crippen LogP contribution in [0.15, 0.2) is 18.2 Å². The molecular weight excluding hydrogens is 266 g/mol. The van der Waals surface area contributed by atoms with E-state index in [1.807, 2.05) is 19.9 Å². The summed E-state index contributed by atoms with van der Waals surface area (Å²) in [6, 6.07) is 6.42. The number of fused-ring (bicyclic) bond motifs is 1. The van der Waals surface area contributed by atoms with Crippen molar-refractivity contribution >= 4 is 0 Å². The minimum Gasteiger partial charge on any atom is -0.486 e. The predicted molar refractivity (Wildman–Crippen MR) is 83.9 cm³/mol. The molecule has 1 aliphatic heterocycles. The molecule has 118 valence electrons. The lowest BCUT2D eigenvalue weighted by molar-refractivity contribution is 0.115. The molecule has 2 N–H and O–H groups in total. The summed E-state index contributed by atoms with van der Waals surface area (Å²) in [6.07, 6.45) is 1.53. The lowest BCUT2D eigenvalue weighted by Gasteiger charge is -2.23. The normalized spacial score (nSPS) is 16.8. The van der Waals surface area contributed by atoms with E-state index in [1.54, 1.807) is 0 Å². The van der Waals surface area contributed by atoms with Gasteiger partial charge in [0.25, 0.3) is 0 Å². The van der Waals surface area contributed by atoms with E-state index in [9.17, 15) is 5.11 Å². The third kappa shape index (κ3) is 4.35. The van der Waals surface area contributed by atoms with Gasteiger partial charge in [-0.2, -0.15) is 0 Å². The lowest BCUT2D eigenvalue weighted by atomic mass is 10.0. The first-order valence-electron chi connectivity index (χ1n) is 7.92. The maximum atomic E-state index is 9.86. The van der Waals surface area contributed by atoms with E-state index in [0.717, 1.165) is 30.9 Å². The van der Waals surface area contributed by atoms with Crippen molar-refractivity contribution in [3.05, 3.63) is 23.8 Å². The molecule has 2 rings (SSSR count). The first kappa shape index (κ1) is 16.1. The third-order valence-electron chi connectivity index (χ3n) is 3.98. The van der Waals surface area contributed by atoms with Gasteiger partial charge in [-0.1, -0.05) is 26.8 Å². The summed E-state index contributed by atoms with van der Waals surface area (Å²) < 4.78 is 11.2. The van der Waals surface area contributed by atoms with Crippen molar-refractivity contribution in [2.45, 2.75) is 45.8 Å². The smallest absolute Gasteiger partial charge is 0.161 e. The monoisotopic (exact) mass is 293 g/mol. The molecule has 0 aliphatic carbocycles. The van der Waals surface area contributed by atoms with Crippen molar-refractivity contribution < 1.29 is 14.6 Å². The van der Waals surface area contributed by atoms with Crippen molar-refractivity contribution in [3.63, 3.8) is 0 Å². The second-order valence-electron chi connectivity index (χ2n) is 5.92. The first-order valence-corrected chi connectivity index (χ1v) is 7.92. The van der Waals surface area contributed by atoms with Crippen LogP contribution in [0.5, 0.6) is 11.5 Å². The van der Waals surface area contributed by atoms with E-state index in [-0.39, 0.29) is 12.1 Å². The molecular formula is C17H27NO3. The van der Waals surface area contributed by atoms with Gasteiger partial charge in [-0.15, -0.1) is 0 Å². The number of aliphatic hydroxyl groups is 1. The Bertz CT molecular complexity index is 448.